The van der Waals surface area contributed by atoms with Crippen molar-refractivity contribution in [3.05, 3.63) is 42.0 Å². The Labute approximate surface area is 111 Å². The van der Waals surface area contributed by atoms with Crippen LogP contribution < -0.4 is 4.74 Å². The molecule has 5 heteroatoms. The first-order valence-corrected chi connectivity index (χ1v) is 6.51. The molecule has 1 aliphatic rings. The summed E-state index contributed by atoms with van der Waals surface area (Å²) in [6.45, 7) is 0.274. The van der Waals surface area contributed by atoms with E-state index >= 15 is 0 Å². The van der Waals surface area contributed by atoms with Gasteiger partial charge in [0.05, 0.1) is 12.0 Å². The Balaban J connectivity index is 1.62. The van der Waals surface area contributed by atoms with E-state index in [2.05, 4.69) is 10.1 Å². The van der Waals surface area contributed by atoms with Crippen molar-refractivity contribution in [2.75, 3.05) is 0 Å². The average Bonchev–Trinajstić information content (AvgIpc) is 3.06. The van der Waals surface area contributed by atoms with Crippen LogP contribution in [0, 0.1) is 0 Å². The summed E-state index contributed by atoms with van der Waals surface area (Å²) in [5.74, 6) is 1.79. The Morgan fingerprint density at radius 1 is 1.26 bits per heavy atom. The molecule has 0 bridgehead atoms. The molecule has 0 saturated heterocycles. The summed E-state index contributed by atoms with van der Waals surface area (Å²) in [6.07, 6.45) is 2.36. The second kappa shape index (κ2) is 5.40. The van der Waals surface area contributed by atoms with Gasteiger partial charge in [0.2, 0.25) is 11.7 Å². The molecule has 0 amide bonds. The molecule has 2 unspecified atom stereocenters. The van der Waals surface area contributed by atoms with Crippen molar-refractivity contribution in [1.29, 1.82) is 0 Å². The molecule has 0 radical (unpaired) electrons. The van der Waals surface area contributed by atoms with Crippen LogP contribution in [0.1, 0.15) is 36.9 Å². The normalized spacial score (nSPS) is 22.6. The number of rotatable bonds is 4. The van der Waals surface area contributed by atoms with E-state index in [4.69, 9.17) is 9.26 Å². The molecule has 3 rings (SSSR count). The average molecular weight is 260 g/mol. The van der Waals surface area contributed by atoms with Crippen LogP contribution in [0.4, 0.5) is 0 Å². The summed E-state index contributed by atoms with van der Waals surface area (Å²) in [5.41, 5.74) is 0. The fourth-order valence-electron chi connectivity index (χ4n) is 2.37. The lowest BCUT2D eigenvalue weighted by Gasteiger charge is -2.07. The van der Waals surface area contributed by atoms with Gasteiger partial charge in [-0.3, -0.25) is 0 Å². The zero-order valence-corrected chi connectivity index (χ0v) is 10.5. The van der Waals surface area contributed by atoms with E-state index in [1.54, 1.807) is 0 Å². The number of ether oxygens (including phenoxy) is 1. The van der Waals surface area contributed by atoms with E-state index in [1.165, 1.54) is 0 Å². The quantitative estimate of drug-likeness (QED) is 0.913. The molecule has 1 aliphatic carbocycles. The molecule has 1 fully saturated rings. The largest absolute Gasteiger partial charge is 0.485 e. The van der Waals surface area contributed by atoms with E-state index in [-0.39, 0.29) is 18.6 Å². The molecule has 0 spiro atoms. The Kier molecular flexibility index (Phi) is 3.46. The van der Waals surface area contributed by atoms with Crippen LogP contribution in [0.15, 0.2) is 34.9 Å². The molecule has 2 atom stereocenters. The Morgan fingerprint density at radius 2 is 2.11 bits per heavy atom. The zero-order chi connectivity index (χ0) is 13.1. The van der Waals surface area contributed by atoms with Crippen LogP contribution in [0.25, 0.3) is 0 Å². The van der Waals surface area contributed by atoms with Gasteiger partial charge >= 0.3 is 0 Å². The summed E-state index contributed by atoms with van der Waals surface area (Å²) >= 11 is 0. The lowest BCUT2D eigenvalue weighted by atomic mass is 10.1. The second-order valence-electron chi connectivity index (χ2n) is 4.76. The van der Waals surface area contributed by atoms with Crippen LogP contribution in [-0.2, 0) is 6.61 Å². The first-order chi connectivity index (χ1) is 9.33. The third kappa shape index (κ3) is 2.76. The Hall–Kier alpha value is -1.88. The van der Waals surface area contributed by atoms with Crippen molar-refractivity contribution in [3.8, 4) is 5.75 Å². The minimum absolute atomic E-state index is 0.0158. The number of aliphatic hydroxyl groups is 1. The minimum Gasteiger partial charge on any atom is -0.485 e. The molecule has 1 N–H and O–H groups in total. The van der Waals surface area contributed by atoms with Crippen LogP contribution >= 0.6 is 0 Å². The van der Waals surface area contributed by atoms with Crippen molar-refractivity contribution in [2.24, 2.45) is 0 Å². The second-order valence-corrected chi connectivity index (χ2v) is 4.76. The zero-order valence-electron chi connectivity index (χ0n) is 10.5. The van der Waals surface area contributed by atoms with Gasteiger partial charge in [0.1, 0.15) is 5.75 Å². The van der Waals surface area contributed by atoms with Gasteiger partial charge in [-0.05, 0) is 31.4 Å². The monoisotopic (exact) mass is 260 g/mol. The first-order valence-electron chi connectivity index (χ1n) is 6.51. The first kappa shape index (κ1) is 12.2. The summed E-state index contributed by atoms with van der Waals surface area (Å²) in [5, 5.41) is 13.7. The summed E-state index contributed by atoms with van der Waals surface area (Å²) in [7, 11) is 0. The van der Waals surface area contributed by atoms with Gasteiger partial charge in [-0.2, -0.15) is 4.98 Å². The smallest absolute Gasteiger partial charge is 0.232 e. The molecular formula is C14H16N2O3. The van der Waals surface area contributed by atoms with Gasteiger partial charge < -0.3 is 14.4 Å². The molecule has 1 aromatic carbocycles. The number of hydrogen-bond donors (Lipinski definition) is 1. The SMILES string of the molecule is OC1CCCC1c1nc(COc2ccccc2)no1. The maximum absolute atomic E-state index is 9.80. The summed E-state index contributed by atoms with van der Waals surface area (Å²) < 4.78 is 10.8. The lowest BCUT2D eigenvalue weighted by Crippen LogP contribution is -2.11. The molecule has 0 aliphatic heterocycles. The number of aromatic nitrogens is 2. The van der Waals surface area contributed by atoms with Gasteiger partial charge in [-0.1, -0.05) is 23.4 Å². The van der Waals surface area contributed by atoms with Gasteiger partial charge in [0.15, 0.2) is 6.61 Å². The topological polar surface area (TPSA) is 68.4 Å². The Morgan fingerprint density at radius 3 is 2.84 bits per heavy atom. The number of para-hydroxylation sites is 1. The highest BCUT2D eigenvalue weighted by atomic mass is 16.5. The van der Waals surface area contributed by atoms with Crippen LogP contribution in [-0.4, -0.2) is 21.4 Å². The highest BCUT2D eigenvalue weighted by Gasteiger charge is 2.31. The fourth-order valence-corrected chi connectivity index (χ4v) is 2.37. The van der Waals surface area contributed by atoms with Crippen molar-refractivity contribution in [2.45, 2.75) is 37.9 Å². The van der Waals surface area contributed by atoms with E-state index in [9.17, 15) is 5.11 Å². The van der Waals surface area contributed by atoms with E-state index < -0.39 is 0 Å². The van der Waals surface area contributed by atoms with Crippen molar-refractivity contribution in [3.63, 3.8) is 0 Å². The minimum atomic E-state index is -0.358. The molecule has 2 aromatic rings. The van der Waals surface area contributed by atoms with Crippen molar-refractivity contribution >= 4 is 0 Å². The van der Waals surface area contributed by atoms with Crippen LogP contribution in [0.2, 0.25) is 0 Å². The number of benzene rings is 1. The lowest BCUT2D eigenvalue weighted by molar-refractivity contribution is 0.148. The predicted octanol–water partition coefficient (Wildman–Crippen LogP) is 2.28. The molecular weight excluding hydrogens is 244 g/mol. The van der Waals surface area contributed by atoms with E-state index in [0.29, 0.717) is 11.7 Å². The van der Waals surface area contributed by atoms with Crippen molar-refractivity contribution < 1.29 is 14.4 Å². The molecule has 19 heavy (non-hydrogen) atoms. The van der Waals surface area contributed by atoms with E-state index in [1.807, 2.05) is 30.3 Å². The Bertz CT molecular complexity index is 526. The third-order valence-corrected chi connectivity index (χ3v) is 3.39. The van der Waals surface area contributed by atoms with Gasteiger partial charge in [0.25, 0.3) is 0 Å². The van der Waals surface area contributed by atoms with Crippen molar-refractivity contribution in [1.82, 2.24) is 10.1 Å². The van der Waals surface area contributed by atoms with Crippen LogP contribution in [0.5, 0.6) is 5.75 Å². The highest BCUT2D eigenvalue weighted by molar-refractivity contribution is 5.21. The van der Waals surface area contributed by atoms with Gasteiger partial charge in [-0.15, -0.1) is 0 Å². The molecule has 100 valence electrons. The molecule has 1 aromatic heterocycles. The number of nitrogens with zero attached hydrogens (tertiary/aromatic N) is 2. The maximum atomic E-state index is 9.80. The molecule has 1 heterocycles. The number of hydrogen-bond acceptors (Lipinski definition) is 5. The van der Waals surface area contributed by atoms with Crippen LogP contribution in [0.3, 0.4) is 0 Å². The number of aliphatic hydroxyl groups excluding tert-OH is 1. The van der Waals surface area contributed by atoms with Gasteiger partial charge in [-0.25, -0.2) is 0 Å². The molecule has 1 saturated carbocycles. The molecule has 5 nitrogen and oxygen atoms in total. The van der Waals surface area contributed by atoms with Gasteiger partial charge in [0, 0.05) is 0 Å². The summed E-state index contributed by atoms with van der Waals surface area (Å²) in [4.78, 5) is 4.29. The maximum Gasteiger partial charge on any atom is 0.232 e. The standard InChI is InChI=1S/C14H16N2O3/c17-12-8-4-7-11(12)14-15-13(16-19-14)9-18-10-5-2-1-3-6-10/h1-3,5-6,11-12,17H,4,7-9H2. The third-order valence-electron chi connectivity index (χ3n) is 3.39. The van der Waals surface area contributed by atoms with E-state index in [0.717, 1.165) is 25.0 Å². The highest BCUT2D eigenvalue weighted by Crippen LogP contribution is 2.33. The predicted molar refractivity (Wildman–Crippen MR) is 67.7 cm³/mol. The summed E-state index contributed by atoms with van der Waals surface area (Å²) in [6, 6.07) is 9.50. The fraction of sp³-hybridized carbons (Fsp3) is 0.429.